The van der Waals surface area contributed by atoms with Crippen LogP contribution in [0.25, 0.3) is 0 Å². The van der Waals surface area contributed by atoms with Gasteiger partial charge in [0.1, 0.15) is 5.54 Å². The first-order chi connectivity index (χ1) is 7.60. The number of carbonyl (C=O) groups is 1. The standard InChI is InChI=1S/C12H19N3O/c13-9-11(7-8-11)15-10(16)12(14)5-3-1-2-4-6-12/h1-8,14H2,(H,15,16). The summed E-state index contributed by atoms with van der Waals surface area (Å²) in [6.07, 6.45) is 7.40. The summed E-state index contributed by atoms with van der Waals surface area (Å²) in [5.74, 6) is -0.117. The summed E-state index contributed by atoms with van der Waals surface area (Å²) in [4.78, 5) is 12.1. The van der Waals surface area contributed by atoms with Crippen molar-refractivity contribution in [2.45, 2.75) is 62.4 Å². The fourth-order valence-corrected chi connectivity index (χ4v) is 2.32. The van der Waals surface area contributed by atoms with Crippen molar-refractivity contribution in [2.75, 3.05) is 0 Å². The van der Waals surface area contributed by atoms with Gasteiger partial charge >= 0.3 is 0 Å². The lowest BCUT2D eigenvalue weighted by Gasteiger charge is -2.27. The molecule has 4 nitrogen and oxygen atoms in total. The van der Waals surface area contributed by atoms with Crippen LogP contribution in [0.5, 0.6) is 0 Å². The Hall–Kier alpha value is -1.08. The molecule has 16 heavy (non-hydrogen) atoms. The lowest BCUT2D eigenvalue weighted by atomic mass is 9.90. The van der Waals surface area contributed by atoms with Crippen LogP contribution in [0.4, 0.5) is 0 Å². The molecule has 0 aromatic heterocycles. The molecule has 0 aromatic rings. The average Bonchev–Trinajstić information content (AvgIpc) is 3.04. The minimum absolute atomic E-state index is 0.117. The second-order valence-electron chi connectivity index (χ2n) is 5.22. The Kier molecular flexibility index (Phi) is 2.90. The van der Waals surface area contributed by atoms with Gasteiger partial charge in [-0.05, 0) is 25.7 Å². The van der Waals surface area contributed by atoms with Crippen LogP contribution in [-0.2, 0) is 4.79 Å². The van der Waals surface area contributed by atoms with Gasteiger partial charge in [-0.3, -0.25) is 4.79 Å². The number of hydrogen-bond donors (Lipinski definition) is 2. The summed E-state index contributed by atoms with van der Waals surface area (Å²) in [6.45, 7) is 0. The molecule has 4 heteroatoms. The van der Waals surface area contributed by atoms with Gasteiger partial charge in [0.25, 0.3) is 0 Å². The minimum Gasteiger partial charge on any atom is -0.336 e. The summed E-state index contributed by atoms with van der Waals surface area (Å²) in [5.41, 5.74) is 4.85. The van der Waals surface area contributed by atoms with Crippen molar-refractivity contribution in [1.29, 1.82) is 5.26 Å². The molecule has 88 valence electrons. The Morgan fingerprint density at radius 2 is 1.69 bits per heavy atom. The van der Waals surface area contributed by atoms with Crippen LogP contribution in [0.1, 0.15) is 51.4 Å². The maximum Gasteiger partial charge on any atom is 0.241 e. The van der Waals surface area contributed by atoms with Gasteiger partial charge in [0.15, 0.2) is 0 Å². The number of nitriles is 1. The third kappa shape index (κ3) is 2.19. The van der Waals surface area contributed by atoms with Crippen molar-refractivity contribution in [3.63, 3.8) is 0 Å². The van der Waals surface area contributed by atoms with Gasteiger partial charge in [-0.2, -0.15) is 5.26 Å². The fraction of sp³-hybridized carbons (Fsp3) is 0.833. The van der Waals surface area contributed by atoms with E-state index in [9.17, 15) is 4.79 Å². The molecule has 0 spiro atoms. The zero-order valence-corrected chi connectivity index (χ0v) is 9.59. The molecule has 0 saturated heterocycles. The Balaban J connectivity index is 1.99. The minimum atomic E-state index is -0.733. The molecular formula is C12H19N3O. The van der Waals surface area contributed by atoms with Gasteiger partial charge in [0.2, 0.25) is 5.91 Å². The molecule has 2 fully saturated rings. The van der Waals surface area contributed by atoms with Gasteiger partial charge in [-0.25, -0.2) is 0 Å². The summed E-state index contributed by atoms with van der Waals surface area (Å²) < 4.78 is 0. The highest BCUT2D eigenvalue weighted by Gasteiger charge is 2.47. The van der Waals surface area contributed by atoms with Crippen molar-refractivity contribution in [2.24, 2.45) is 5.73 Å². The molecule has 0 atom stereocenters. The van der Waals surface area contributed by atoms with Crippen molar-refractivity contribution >= 4 is 5.91 Å². The highest BCUT2D eigenvalue weighted by atomic mass is 16.2. The van der Waals surface area contributed by atoms with E-state index in [1.54, 1.807) is 0 Å². The smallest absolute Gasteiger partial charge is 0.241 e. The van der Waals surface area contributed by atoms with Crippen LogP contribution < -0.4 is 11.1 Å². The molecule has 0 unspecified atom stereocenters. The Morgan fingerprint density at radius 1 is 1.12 bits per heavy atom. The molecule has 0 aromatic carbocycles. The lowest BCUT2D eigenvalue weighted by Crippen LogP contribution is -2.56. The van der Waals surface area contributed by atoms with E-state index in [1.807, 2.05) is 0 Å². The first kappa shape index (κ1) is 11.4. The van der Waals surface area contributed by atoms with Crippen molar-refractivity contribution in [3.8, 4) is 6.07 Å². The van der Waals surface area contributed by atoms with Crippen molar-refractivity contribution in [3.05, 3.63) is 0 Å². The van der Waals surface area contributed by atoms with Crippen LogP contribution in [0.3, 0.4) is 0 Å². The van der Waals surface area contributed by atoms with Crippen LogP contribution in [0, 0.1) is 11.3 Å². The summed E-state index contributed by atoms with van der Waals surface area (Å²) in [7, 11) is 0. The highest BCUT2D eigenvalue weighted by Crippen LogP contribution is 2.35. The molecular weight excluding hydrogens is 202 g/mol. The zero-order valence-electron chi connectivity index (χ0n) is 9.59. The SMILES string of the molecule is N#CC1(NC(=O)C2(N)CCCCCC2)CC1. The molecule has 0 heterocycles. The third-order valence-corrected chi connectivity index (χ3v) is 3.76. The van der Waals surface area contributed by atoms with E-state index >= 15 is 0 Å². The quantitative estimate of drug-likeness (QED) is 0.688. The third-order valence-electron chi connectivity index (χ3n) is 3.76. The summed E-state index contributed by atoms with van der Waals surface area (Å²) in [5, 5.41) is 11.8. The molecule has 1 amide bonds. The molecule has 2 aliphatic rings. The Morgan fingerprint density at radius 3 is 2.12 bits per heavy atom. The van der Waals surface area contributed by atoms with Gasteiger partial charge in [0, 0.05) is 0 Å². The number of amides is 1. The predicted molar refractivity (Wildman–Crippen MR) is 60.3 cm³/mol. The van der Waals surface area contributed by atoms with Gasteiger partial charge in [0.05, 0.1) is 11.6 Å². The number of carbonyl (C=O) groups excluding carboxylic acids is 1. The first-order valence-electron chi connectivity index (χ1n) is 6.13. The normalized spacial score (nSPS) is 26.2. The van der Waals surface area contributed by atoms with Crippen LogP contribution in [-0.4, -0.2) is 17.0 Å². The van der Waals surface area contributed by atoms with Crippen LogP contribution in [0.2, 0.25) is 0 Å². The number of nitrogens with two attached hydrogens (primary N) is 1. The average molecular weight is 221 g/mol. The monoisotopic (exact) mass is 221 g/mol. The molecule has 0 radical (unpaired) electrons. The number of hydrogen-bond acceptors (Lipinski definition) is 3. The van der Waals surface area contributed by atoms with Gasteiger partial charge < -0.3 is 11.1 Å². The molecule has 2 rings (SSSR count). The van der Waals surface area contributed by atoms with Gasteiger partial charge in [-0.15, -0.1) is 0 Å². The molecule has 3 N–H and O–H groups in total. The second-order valence-corrected chi connectivity index (χ2v) is 5.22. The maximum atomic E-state index is 12.1. The highest BCUT2D eigenvalue weighted by molar-refractivity contribution is 5.87. The number of nitrogens with zero attached hydrogens (tertiary/aromatic N) is 1. The molecule has 0 bridgehead atoms. The molecule has 2 saturated carbocycles. The summed E-state index contributed by atoms with van der Waals surface area (Å²) in [6, 6.07) is 2.17. The van der Waals surface area contributed by atoms with E-state index in [1.165, 1.54) is 0 Å². The summed E-state index contributed by atoms with van der Waals surface area (Å²) >= 11 is 0. The fourth-order valence-electron chi connectivity index (χ4n) is 2.32. The van der Waals surface area contributed by atoms with Crippen molar-refractivity contribution < 1.29 is 4.79 Å². The van der Waals surface area contributed by atoms with Crippen molar-refractivity contribution in [1.82, 2.24) is 5.32 Å². The van der Waals surface area contributed by atoms with E-state index in [0.717, 1.165) is 51.4 Å². The predicted octanol–water partition coefficient (Wildman–Crippen LogP) is 1.21. The number of nitrogens with one attached hydrogen (secondary N) is 1. The van der Waals surface area contributed by atoms with E-state index in [0.29, 0.717) is 0 Å². The van der Waals surface area contributed by atoms with E-state index < -0.39 is 11.1 Å². The molecule has 0 aliphatic heterocycles. The molecule has 2 aliphatic carbocycles. The Labute approximate surface area is 96.2 Å². The topological polar surface area (TPSA) is 78.9 Å². The van der Waals surface area contributed by atoms with Crippen LogP contribution in [0.15, 0.2) is 0 Å². The largest absolute Gasteiger partial charge is 0.336 e. The van der Waals surface area contributed by atoms with E-state index in [-0.39, 0.29) is 5.91 Å². The zero-order chi connectivity index (χ0) is 11.6. The lowest BCUT2D eigenvalue weighted by molar-refractivity contribution is -0.127. The first-order valence-corrected chi connectivity index (χ1v) is 6.13. The van der Waals surface area contributed by atoms with Crippen LogP contribution >= 0.6 is 0 Å². The maximum absolute atomic E-state index is 12.1. The number of rotatable bonds is 2. The van der Waals surface area contributed by atoms with Gasteiger partial charge in [-0.1, -0.05) is 25.7 Å². The van der Waals surface area contributed by atoms with E-state index in [4.69, 9.17) is 11.0 Å². The Bertz CT molecular complexity index is 320. The van der Waals surface area contributed by atoms with E-state index in [2.05, 4.69) is 11.4 Å². The second kappa shape index (κ2) is 4.06.